The maximum absolute atomic E-state index is 12.5. The molecule has 1 saturated heterocycles. The molecule has 1 fully saturated rings. The molecular weight excluding hydrogens is 310 g/mol. The number of likely N-dealkylation sites (tertiary alicyclic amines) is 1. The van der Waals surface area contributed by atoms with Crippen molar-refractivity contribution in [2.24, 2.45) is 0 Å². The molecule has 128 valence electrons. The number of para-hydroxylation sites is 2. The molecule has 0 spiro atoms. The molecule has 0 radical (unpaired) electrons. The van der Waals surface area contributed by atoms with Crippen molar-refractivity contribution in [1.29, 1.82) is 0 Å². The van der Waals surface area contributed by atoms with E-state index in [0.29, 0.717) is 6.42 Å². The zero-order chi connectivity index (χ0) is 17.2. The Hall–Kier alpha value is -2.62. The third-order valence-corrected chi connectivity index (χ3v) is 5.09. The van der Waals surface area contributed by atoms with E-state index in [9.17, 15) is 4.79 Å². The van der Waals surface area contributed by atoms with E-state index < -0.39 is 0 Å². The van der Waals surface area contributed by atoms with Crippen molar-refractivity contribution in [3.05, 3.63) is 66.0 Å². The van der Waals surface area contributed by atoms with Crippen LogP contribution in [0.2, 0.25) is 0 Å². The van der Waals surface area contributed by atoms with E-state index >= 15 is 0 Å². The largest absolute Gasteiger partial charge is 0.342 e. The molecule has 1 atom stereocenters. The number of carbonyl (C=O) groups excluding carboxylic acids is 1. The van der Waals surface area contributed by atoms with Crippen LogP contribution in [0.4, 0.5) is 0 Å². The summed E-state index contributed by atoms with van der Waals surface area (Å²) < 4.78 is 2.26. The fraction of sp³-hybridized carbons (Fsp3) is 0.333. The minimum absolute atomic E-state index is 0.190. The van der Waals surface area contributed by atoms with Crippen LogP contribution in [0, 0.1) is 0 Å². The lowest BCUT2D eigenvalue weighted by Gasteiger charge is -2.17. The number of hydrogen-bond donors (Lipinski definition) is 0. The van der Waals surface area contributed by atoms with Gasteiger partial charge >= 0.3 is 0 Å². The molecule has 2 heterocycles. The lowest BCUT2D eigenvalue weighted by Crippen LogP contribution is -2.27. The molecule has 0 aliphatic carbocycles. The third-order valence-electron chi connectivity index (χ3n) is 5.09. The molecule has 4 nitrogen and oxygen atoms in total. The highest BCUT2D eigenvalue weighted by atomic mass is 16.2. The molecule has 0 N–H and O–H groups in total. The van der Waals surface area contributed by atoms with Crippen LogP contribution < -0.4 is 0 Å². The second-order valence-corrected chi connectivity index (χ2v) is 6.68. The second kappa shape index (κ2) is 6.71. The Bertz CT molecular complexity index is 885. The van der Waals surface area contributed by atoms with E-state index in [1.807, 2.05) is 35.2 Å². The minimum Gasteiger partial charge on any atom is -0.342 e. The summed E-state index contributed by atoms with van der Waals surface area (Å²) in [4.78, 5) is 19.3. The van der Waals surface area contributed by atoms with E-state index in [1.54, 1.807) is 0 Å². The Balaban J connectivity index is 1.52. The van der Waals surface area contributed by atoms with E-state index in [4.69, 9.17) is 4.98 Å². The summed E-state index contributed by atoms with van der Waals surface area (Å²) in [5, 5.41) is 0. The SMILES string of the molecule is CCn1c(C2CC(=O)N(CCc3ccccc3)C2)nc2ccccc21. The summed E-state index contributed by atoms with van der Waals surface area (Å²) in [6.07, 6.45) is 1.47. The molecule has 0 saturated carbocycles. The summed E-state index contributed by atoms with van der Waals surface area (Å²) in [6, 6.07) is 18.6. The van der Waals surface area contributed by atoms with Crippen molar-refractivity contribution >= 4 is 16.9 Å². The number of nitrogens with zero attached hydrogens (tertiary/aromatic N) is 3. The van der Waals surface area contributed by atoms with Crippen molar-refractivity contribution < 1.29 is 4.79 Å². The van der Waals surface area contributed by atoms with Crippen LogP contribution in [0.5, 0.6) is 0 Å². The summed E-state index contributed by atoms with van der Waals surface area (Å²) in [7, 11) is 0. The highest BCUT2D eigenvalue weighted by molar-refractivity contribution is 5.81. The van der Waals surface area contributed by atoms with E-state index in [-0.39, 0.29) is 11.8 Å². The number of amides is 1. The number of aryl methyl sites for hydroxylation is 1. The lowest BCUT2D eigenvalue weighted by molar-refractivity contribution is -0.127. The van der Waals surface area contributed by atoms with Crippen LogP contribution in [0.1, 0.15) is 30.7 Å². The molecule has 1 aromatic heterocycles. The number of carbonyl (C=O) groups is 1. The van der Waals surface area contributed by atoms with Gasteiger partial charge in [-0.2, -0.15) is 0 Å². The maximum atomic E-state index is 12.5. The van der Waals surface area contributed by atoms with Gasteiger partial charge in [0.1, 0.15) is 5.82 Å². The van der Waals surface area contributed by atoms with Gasteiger partial charge in [-0.15, -0.1) is 0 Å². The van der Waals surface area contributed by atoms with Crippen LogP contribution in [-0.2, 0) is 17.8 Å². The quantitative estimate of drug-likeness (QED) is 0.715. The Morgan fingerprint density at radius 1 is 1.08 bits per heavy atom. The van der Waals surface area contributed by atoms with Gasteiger partial charge in [0.05, 0.1) is 11.0 Å². The molecule has 4 heteroatoms. The first-order valence-electron chi connectivity index (χ1n) is 9.03. The number of fused-ring (bicyclic) bond motifs is 1. The van der Waals surface area contributed by atoms with Gasteiger partial charge in [-0.25, -0.2) is 4.98 Å². The zero-order valence-corrected chi connectivity index (χ0v) is 14.6. The number of rotatable bonds is 5. The average Bonchev–Trinajstić information content (AvgIpc) is 3.20. The zero-order valence-electron chi connectivity index (χ0n) is 14.6. The van der Waals surface area contributed by atoms with Gasteiger partial charge in [0, 0.05) is 32.0 Å². The summed E-state index contributed by atoms with van der Waals surface area (Å²) in [5.74, 6) is 1.49. The number of benzene rings is 2. The first-order chi connectivity index (χ1) is 12.3. The fourth-order valence-electron chi connectivity index (χ4n) is 3.81. The second-order valence-electron chi connectivity index (χ2n) is 6.68. The molecule has 1 unspecified atom stereocenters. The van der Waals surface area contributed by atoms with E-state index in [1.165, 1.54) is 5.56 Å². The third kappa shape index (κ3) is 3.04. The standard InChI is InChI=1S/C21H23N3O/c1-2-24-19-11-7-6-10-18(19)22-21(24)17-14-20(25)23(15-17)13-12-16-8-4-3-5-9-16/h3-11,17H,2,12-15H2,1H3. The predicted molar refractivity (Wildman–Crippen MR) is 99.5 cm³/mol. The molecule has 1 amide bonds. The van der Waals surface area contributed by atoms with Crippen LogP contribution in [0.15, 0.2) is 54.6 Å². The van der Waals surface area contributed by atoms with Gasteiger partial charge in [-0.1, -0.05) is 42.5 Å². The normalized spacial score (nSPS) is 17.6. The van der Waals surface area contributed by atoms with E-state index in [2.05, 4.69) is 35.8 Å². The van der Waals surface area contributed by atoms with Crippen molar-refractivity contribution in [3.63, 3.8) is 0 Å². The van der Waals surface area contributed by atoms with Crippen LogP contribution >= 0.6 is 0 Å². The van der Waals surface area contributed by atoms with Crippen LogP contribution in [-0.4, -0.2) is 33.4 Å². The van der Waals surface area contributed by atoms with Crippen molar-refractivity contribution in [1.82, 2.24) is 14.5 Å². The van der Waals surface area contributed by atoms with Crippen LogP contribution in [0.3, 0.4) is 0 Å². The molecular formula is C21H23N3O. The highest BCUT2D eigenvalue weighted by Crippen LogP contribution is 2.30. The van der Waals surface area contributed by atoms with Gasteiger partial charge in [-0.3, -0.25) is 4.79 Å². The Morgan fingerprint density at radius 2 is 1.84 bits per heavy atom. The van der Waals surface area contributed by atoms with Crippen LogP contribution in [0.25, 0.3) is 11.0 Å². The first kappa shape index (κ1) is 15.9. The van der Waals surface area contributed by atoms with E-state index in [0.717, 1.165) is 42.9 Å². The van der Waals surface area contributed by atoms with Gasteiger partial charge in [0.15, 0.2) is 0 Å². The molecule has 1 aliphatic rings. The van der Waals surface area contributed by atoms with Gasteiger partial charge in [-0.05, 0) is 31.0 Å². The smallest absolute Gasteiger partial charge is 0.223 e. The van der Waals surface area contributed by atoms with Gasteiger partial charge in [0.2, 0.25) is 5.91 Å². The fourth-order valence-corrected chi connectivity index (χ4v) is 3.81. The number of imidazole rings is 1. The average molecular weight is 333 g/mol. The molecule has 0 bridgehead atoms. The minimum atomic E-state index is 0.190. The first-order valence-corrected chi connectivity index (χ1v) is 9.03. The Morgan fingerprint density at radius 3 is 2.64 bits per heavy atom. The van der Waals surface area contributed by atoms with Crippen molar-refractivity contribution in [3.8, 4) is 0 Å². The summed E-state index contributed by atoms with van der Waals surface area (Å²) >= 11 is 0. The molecule has 1 aliphatic heterocycles. The summed E-state index contributed by atoms with van der Waals surface area (Å²) in [5.41, 5.74) is 3.46. The Labute approximate surface area is 148 Å². The molecule has 3 aromatic rings. The van der Waals surface area contributed by atoms with Gasteiger partial charge < -0.3 is 9.47 Å². The van der Waals surface area contributed by atoms with Gasteiger partial charge in [0.25, 0.3) is 0 Å². The number of aromatic nitrogens is 2. The highest BCUT2D eigenvalue weighted by Gasteiger charge is 2.33. The Kier molecular flexibility index (Phi) is 4.26. The lowest BCUT2D eigenvalue weighted by atomic mass is 10.1. The summed E-state index contributed by atoms with van der Waals surface area (Å²) in [6.45, 7) is 4.58. The monoisotopic (exact) mass is 333 g/mol. The molecule has 2 aromatic carbocycles. The molecule has 4 rings (SSSR count). The number of hydrogen-bond acceptors (Lipinski definition) is 2. The van der Waals surface area contributed by atoms with Crippen molar-refractivity contribution in [2.75, 3.05) is 13.1 Å². The topological polar surface area (TPSA) is 38.1 Å². The molecule has 25 heavy (non-hydrogen) atoms. The van der Waals surface area contributed by atoms with Crippen molar-refractivity contribution in [2.45, 2.75) is 32.2 Å². The maximum Gasteiger partial charge on any atom is 0.223 e. The predicted octanol–water partition coefficient (Wildman–Crippen LogP) is 3.61.